The summed E-state index contributed by atoms with van der Waals surface area (Å²) in [5, 5.41) is 6.17. The lowest BCUT2D eigenvalue weighted by atomic mass is 9.76. The lowest BCUT2D eigenvalue weighted by Gasteiger charge is -2.37. The monoisotopic (exact) mass is 852 g/mol. The number of ether oxygens (including phenoxy) is 4. The molecule has 2 N–H and O–H groups in total. The van der Waals surface area contributed by atoms with Crippen LogP contribution in [0.1, 0.15) is 55.2 Å². The molecule has 6 rings (SSSR count). The van der Waals surface area contributed by atoms with E-state index in [1.807, 2.05) is 91.9 Å². The molecule has 0 bridgehead atoms. The van der Waals surface area contributed by atoms with E-state index in [-0.39, 0.29) is 30.2 Å². The van der Waals surface area contributed by atoms with E-state index in [4.69, 9.17) is 28.0 Å². The number of nitrogens with one attached hydrogen (secondary N) is 2. The summed E-state index contributed by atoms with van der Waals surface area (Å²) in [6.45, 7) is 4.24. The van der Waals surface area contributed by atoms with Crippen molar-refractivity contribution in [2.24, 2.45) is 0 Å². The van der Waals surface area contributed by atoms with Gasteiger partial charge in [-0.3, -0.25) is 18.7 Å². The van der Waals surface area contributed by atoms with Crippen LogP contribution in [-0.4, -0.2) is 72.5 Å². The number of benzene rings is 4. The topological polar surface area (TPSA) is 183 Å². The normalized spacial score (nSPS) is 19.0. The second-order valence-corrected chi connectivity index (χ2v) is 16.2. The maximum absolute atomic E-state index is 14.2. The Labute approximate surface area is 353 Å². The molecular weight excluding hydrogens is 803 g/mol. The second kappa shape index (κ2) is 20.1. The highest BCUT2D eigenvalue weighted by molar-refractivity contribution is 7.52. The molecular formula is C45H49N4O11P. The zero-order valence-corrected chi connectivity index (χ0v) is 35.4. The summed E-state index contributed by atoms with van der Waals surface area (Å²) in [5.41, 5.74) is 2.06. The number of aryl methyl sites for hydroxylation is 1. The fraction of sp³-hybridized carbons (Fsp3) is 0.311. The van der Waals surface area contributed by atoms with Crippen molar-refractivity contribution < 1.29 is 46.9 Å². The van der Waals surface area contributed by atoms with E-state index in [0.29, 0.717) is 0 Å². The first kappa shape index (κ1) is 44.6. The predicted octanol–water partition coefficient (Wildman–Crippen LogP) is 6.50. The summed E-state index contributed by atoms with van der Waals surface area (Å²) >= 11 is 0. The largest absolute Gasteiger partial charge is 0.468 e. The van der Waals surface area contributed by atoms with Gasteiger partial charge in [-0.25, -0.2) is 9.36 Å². The van der Waals surface area contributed by atoms with Gasteiger partial charge in [-0.1, -0.05) is 109 Å². The average molecular weight is 853 g/mol. The van der Waals surface area contributed by atoms with Crippen LogP contribution >= 0.6 is 7.75 Å². The molecule has 0 aliphatic carbocycles. The van der Waals surface area contributed by atoms with Gasteiger partial charge in [0, 0.05) is 19.7 Å². The molecule has 1 saturated heterocycles. The summed E-state index contributed by atoms with van der Waals surface area (Å²) in [4.78, 5) is 55.8. The van der Waals surface area contributed by atoms with Crippen LogP contribution in [0.4, 0.5) is 5.82 Å². The van der Waals surface area contributed by atoms with Gasteiger partial charge in [-0.2, -0.15) is 10.1 Å². The van der Waals surface area contributed by atoms with E-state index in [0.717, 1.165) is 22.3 Å². The van der Waals surface area contributed by atoms with Crippen molar-refractivity contribution in [2.45, 2.75) is 69.7 Å². The first-order chi connectivity index (χ1) is 29.4. The van der Waals surface area contributed by atoms with Crippen LogP contribution in [0.2, 0.25) is 0 Å². The third kappa shape index (κ3) is 10.7. The molecule has 1 unspecified atom stereocenters. The standard InChI is InChI=1S/C45H49N4O11P/c1-30-21-24-35(25-22-30)45(33-15-9-6-10-16-33,34-17-11-7-12-18-34)47-38-27-28-49(44(53)46-38)42-41(55-4)40(59-39(51)26-23-31(2)50)37(58-42)29-57-61(54,48-32(3)43(52)56-5)60-36-19-13-8-14-20-36/h6-22,24-25,27-28,32,37,40-42H,23,26,29H2,1-5H3,(H,48,54)(H,46,47,53)/t32-,37+,40+,41+,42+,61?/m0/s1. The number of hydrogen-bond donors (Lipinski definition) is 2. The fourth-order valence-electron chi connectivity index (χ4n) is 7.06. The van der Waals surface area contributed by atoms with Crippen LogP contribution in [0, 0.1) is 6.92 Å². The van der Waals surface area contributed by atoms with E-state index in [1.165, 1.54) is 38.8 Å². The number of esters is 2. The maximum atomic E-state index is 14.2. The molecule has 16 heteroatoms. The number of aromatic nitrogens is 2. The Kier molecular flexibility index (Phi) is 14.7. The summed E-state index contributed by atoms with van der Waals surface area (Å²) in [6.07, 6.45) is -3.63. The molecule has 6 atom stereocenters. The van der Waals surface area contributed by atoms with Gasteiger partial charge in [-0.05, 0) is 55.7 Å². The van der Waals surface area contributed by atoms with Gasteiger partial charge in [0.1, 0.15) is 41.1 Å². The van der Waals surface area contributed by atoms with Gasteiger partial charge < -0.3 is 33.6 Å². The van der Waals surface area contributed by atoms with Crippen LogP contribution in [0.15, 0.2) is 132 Å². The van der Waals surface area contributed by atoms with E-state index in [9.17, 15) is 23.7 Å². The average Bonchev–Trinajstić information content (AvgIpc) is 3.61. The van der Waals surface area contributed by atoms with Gasteiger partial charge in [0.15, 0.2) is 12.3 Å². The van der Waals surface area contributed by atoms with Crippen LogP contribution < -0.4 is 20.6 Å². The molecule has 0 radical (unpaired) electrons. The number of Topliss-reactive ketones (excluding diaryl/α,β-unsaturated/α-hetero) is 1. The first-order valence-electron chi connectivity index (χ1n) is 19.6. The van der Waals surface area contributed by atoms with E-state index < -0.39 is 68.1 Å². The number of carbonyl (C=O) groups excluding carboxylic acids is 3. The molecule has 0 saturated carbocycles. The molecule has 1 aromatic heterocycles. The Balaban J connectivity index is 1.34. The Morgan fingerprint density at radius 1 is 0.836 bits per heavy atom. The smallest absolute Gasteiger partial charge is 0.459 e. The summed E-state index contributed by atoms with van der Waals surface area (Å²) in [7, 11) is -1.85. The molecule has 1 aliphatic rings. The minimum absolute atomic E-state index is 0.0714. The highest BCUT2D eigenvalue weighted by atomic mass is 31.2. The molecule has 0 amide bonds. The van der Waals surface area contributed by atoms with Crippen LogP contribution in [0.25, 0.3) is 0 Å². The zero-order valence-electron chi connectivity index (χ0n) is 34.5. The predicted molar refractivity (Wildman–Crippen MR) is 226 cm³/mol. The van der Waals surface area contributed by atoms with Gasteiger partial charge in [0.05, 0.1) is 20.1 Å². The minimum atomic E-state index is -4.38. The van der Waals surface area contributed by atoms with Gasteiger partial charge in [0.25, 0.3) is 0 Å². The Morgan fingerprint density at radius 3 is 1.98 bits per heavy atom. The van der Waals surface area contributed by atoms with Gasteiger partial charge >= 0.3 is 25.4 Å². The van der Waals surface area contributed by atoms with Crippen molar-refractivity contribution in [1.29, 1.82) is 0 Å². The number of methoxy groups -OCH3 is 2. The third-order valence-corrected chi connectivity index (χ3v) is 11.8. The molecule has 61 heavy (non-hydrogen) atoms. The van der Waals surface area contributed by atoms with Gasteiger partial charge in [0.2, 0.25) is 0 Å². The SMILES string of the molecule is COC(=O)[C@H](C)NP(=O)(OC[C@H]1O[C@@H](n2ccc(NC(c3ccccc3)(c3ccccc3)c3ccc(C)cc3)nc2=O)[C@H](OC)[C@@H]1OC(=O)CCC(C)=O)Oc1ccccc1. The fourth-order valence-corrected chi connectivity index (χ4v) is 8.56. The molecule has 1 fully saturated rings. The maximum Gasteiger partial charge on any atom is 0.459 e. The number of nitrogens with zero attached hydrogens (tertiary/aromatic N) is 2. The zero-order chi connectivity index (χ0) is 43.6. The quantitative estimate of drug-likeness (QED) is 0.0521. The van der Waals surface area contributed by atoms with E-state index >= 15 is 0 Å². The lowest BCUT2D eigenvalue weighted by molar-refractivity contribution is -0.158. The minimum Gasteiger partial charge on any atom is -0.468 e. The molecule has 15 nitrogen and oxygen atoms in total. The van der Waals surface area contributed by atoms with Gasteiger partial charge in [-0.15, -0.1) is 0 Å². The Bertz CT molecular complexity index is 2330. The first-order valence-corrected chi connectivity index (χ1v) is 21.2. The molecule has 0 spiro atoms. The molecule has 5 aromatic rings. The molecule has 4 aromatic carbocycles. The van der Waals surface area contributed by atoms with Crippen molar-refractivity contribution >= 4 is 31.3 Å². The van der Waals surface area contributed by atoms with Crippen molar-refractivity contribution in [2.75, 3.05) is 26.1 Å². The van der Waals surface area contributed by atoms with Crippen molar-refractivity contribution in [1.82, 2.24) is 14.6 Å². The molecule has 1 aliphatic heterocycles. The van der Waals surface area contributed by atoms with Crippen LogP contribution in [-0.2, 0) is 48.0 Å². The van der Waals surface area contributed by atoms with Crippen molar-refractivity contribution in [3.8, 4) is 5.75 Å². The van der Waals surface area contributed by atoms with E-state index in [1.54, 1.807) is 36.4 Å². The Morgan fingerprint density at radius 2 is 1.43 bits per heavy atom. The second-order valence-electron chi connectivity index (χ2n) is 14.5. The van der Waals surface area contributed by atoms with E-state index in [2.05, 4.69) is 15.4 Å². The number of carbonyl (C=O) groups is 3. The van der Waals surface area contributed by atoms with Crippen LogP contribution in [0.3, 0.4) is 0 Å². The summed E-state index contributed by atoms with van der Waals surface area (Å²) in [6, 6.07) is 36.4. The van der Waals surface area contributed by atoms with Crippen molar-refractivity contribution in [3.63, 3.8) is 0 Å². The highest BCUT2D eigenvalue weighted by Gasteiger charge is 2.50. The summed E-state index contributed by atoms with van der Waals surface area (Å²) in [5.74, 6) is -1.28. The molecule has 2 heterocycles. The number of para-hydroxylation sites is 1. The van der Waals surface area contributed by atoms with Crippen LogP contribution in [0.5, 0.6) is 5.75 Å². The number of anilines is 1. The molecule has 320 valence electrons. The lowest BCUT2D eigenvalue weighted by Crippen LogP contribution is -2.42. The highest BCUT2D eigenvalue weighted by Crippen LogP contribution is 2.46. The number of hydrogen-bond acceptors (Lipinski definition) is 13. The summed E-state index contributed by atoms with van der Waals surface area (Å²) < 4.78 is 49.9. The number of ketones is 1. The number of rotatable bonds is 19. The van der Waals surface area contributed by atoms with Crippen molar-refractivity contribution in [3.05, 3.63) is 160 Å². The third-order valence-electron chi connectivity index (χ3n) is 10.1. The Hall–Kier alpha value is -5.96.